The van der Waals surface area contributed by atoms with Crippen LogP contribution in [0.15, 0.2) is 70.1 Å². The summed E-state index contributed by atoms with van der Waals surface area (Å²) in [6, 6.07) is 12.0. The third kappa shape index (κ3) is 4.14. The Bertz CT molecular complexity index is 1720. The van der Waals surface area contributed by atoms with Crippen molar-refractivity contribution in [2.24, 2.45) is 0 Å². The number of rotatable bonds is 4. The van der Waals surface area contributed by atoms with Crippen LogP contribution in [0.25, 0.3) is 27.5 Å². The van der Waals surface area contributed by atoms with Crippen molar-refractivity contribution in [1.29, 1.82) is 0 Å². The minimum Gasteiger partial charge on any atom is -0.345 e. The molecule has 34 heavy (non-hydrogen) atoms. The van der Waals surface area contributed by atoms with E-state index in [1.54, 1.807) is 42.9 Å². The standard InChI is InChI=1S/C21H13Cl2N5O4S2/c22-15-9-18(33-19(15)23)34(31,32)27-21(30)26-12-1-3-13(4-2-12)28-6-5-11-7-16-17(25-10-24-16)8-14(11)20(28)29/h1-10H,(H,24,25)(H2,26,27,30). The van der Waals surface area contributed by atoms with Gasteiger partial charge in [-0.2, -0.15) is 0 Å². The molecule has 0 saturated heterocycles. The summed E-state index contributed by atoms with van der Waals surface area (Å²) in [6.07, 6.45) is 3.23. The van der Waals surface area contributed by atoms with E-state index in [2.05, 4.69) is 15.3 Å². The lowest BCUT2D eigenvalue weighted by molar-refractivity contribution is 0.256. The van der Waals surface area contributed by atoms with Crippen LogP contribution in [-0.4, -0.2) is 29.0 Å². The lowest BCUT2D eigenvalue weighted by atomic mass is 10.1. The fourth-order valence-electron chi connectivity index (χ4n) is 3.37. The van der Waals surface area contributed by atoms with E-state index < -0.39 is 16.1 Å². The number of nitrogens with zero attached hydrogens (tertiary/aromatic N) is 2. The summed E-state index contributed by atoms with van der Waals surface area (Å²) in [5, 5.41) is 3.82. The number of hydrogen-bond donors (Lipinski definition) is 3. The number of aromatic amines is 1. The largest absolute Gasteiger partial charge is 0.345 e. The van der Waals surface area contributed by atoms with Crippen molar-refractivity contribution in [1.82, 2.24) is 19.3 Å². The first-order valence-electron chi connectivity index (χ1n) is 9.59. The Balaban J connectivity index is 1.36. The first-order chi connectivity index (χ1) is 16.2. The number of urea groups is 1. The van der Waals surface area contributed by atoms with E-state index >= 15 is 0 Å². The van der Waals surface area contributed by atoms with Crippen LogP contribution in [0.3, 0.4) is 0 Å². The van der Waals surface area contributed by atoms with Gasteiger partial charge >= 0.3 is 6.03 Å². The van der Waals surface area contributed by atoms with E-state index in [1.807, 2.05) is 16.9 Å². The molecular formula is C21H13Cl2N5O4S2. The Labute approximate surface area is 206 Å². The van der Waals surface area contributed by atoms with Crippen molar-refractivity contribution in [3.8, 4) is 5.69 Å². The number of sulfonamides is 1. The molecule has 3 aromatic heterocycles. The van der Waals surface area contributed by atoms with Gasteiger partial charge in [0.25, 0.3) is 15.6 Å². The molecule has 0 radical (unpaired) electrons. The van der Waals surface area contributed by atoms with Crippen LogP contribution in [0.4, 0.5) is 10.5 Å². The summed E-state index contributed by atoms with van der Waals surface area (Å²) in [4.78, 5) is 32.5. The van der Waals surface area contributed by atoms with Gasteiger partial charge in [-0.25, -0.2) is 22.9 Å². The number of aromatic nitrogens is 3. The first kappa shape index (κ1) is 22.4. The molecule has 0 fully saturated rings. The quantitative estimate of drug-likeness (QED) is 0.307. The Morgan fingerprint density at radius 3 is 2.56 bits per heavy atom. The Kier molecular flexibility index (Phi) is 5.56. The van der Waals surface area contributed by atoms with Crippen LogP contribution in [-0.2, 0) is 10.0 Å². The van der Waals surface area contributed by atoms with Gasteiger partial charge in [-0.05, 0) is 53.9 Å². The minimum absolute atomic E-state index is 0.0840. The Morgan fingerprint density at radius 2 is 1.85 bits per heavy atom. The summed E-state index contributed by atoms with van der Waals surface area (Å²) >= 11 is 12.3. The topological polar surface area (TPSA) is 126 Å². The predicted octanol–water partition coefficient (Wildman–Crippen LogP) is 4.75. The molecule has 172 valence electrons. The number of amides is 2. The Morgan fingerprint density at radius 1 is 1.09 bits per heavy atom. The van der Waals surface area contributed by atoms with E-state index in [0.717, 1.165) is 28.3 Å². The van der Waals surface area contributed by atoms with Crippen molar-refractivity contribution >= 4 is 78.1 Å². The van der Waals surface area contributed by atoms with Gasteiger partial charge in [-0.3, -0.25) is 9.36 Å². The van der Waals surface area contributed by atoms with Gasteiger partial charge in [0.05, 0.1) is 22.4 Å². The molecule has 13 heteroatoms. The van der Waals surface area contributed by atoms with Crippen molar-refractivity contribution in [3.63, 3.8) is 0 Å². The third-order valence-corrected chi connectivity index (χ3v) is 8.63. The number of benzene rings is 2. The molecule has 5 rings (SSSR count). The fraction of sp³-hybridized carbons (Fsp3) is 0. The van der Waals surface area contributed by atoms with Crippen LogP contribution in [0.5, 0.6) is 0 Å². The molecule has 5 aromatic rings. The average molecular weight is 534 g/mol. The van der Waals surface area contributed by atoms with Crippen molar-refractivity contribution in [3.05, 3.63) is 80.8 Å². The second-order valence-corrected chi connectivity index (χ2v) is 11.1. The monoisotopic (exact) mass is 533 g/mol. The highest BCUT2D eigenvalue weighted by Crippen LogP contribution is 2.34. The fourth-order valence-corrected chi connectivity index (χ4v) is 6.16. The molecule has 9 nitrogen and oxygen atoms in total. The molecule has 0 aliphatic heterocycles. The number of imidazole rings is 1. The maximum atomic E-state index is 13.0. The number of anilines is 1. The molecule has 2 aromatic carbocycles. The van der Waals surface area contributed by atoms with Crippen molar-refractivity contribution in [2.75, 3.05) is 5.32 Å². The molecule has 3 N–H and O–H groups in total. The van der Waals surface area contributed by atoms with Crippen LogP contribution in [0.1, 0.15) is 0 Å². The minimum atomic E-state index is -4.14. The van der Waals surface area contributed by atoms with E-state index in [1.165, 1.54) is 4.57 Å². The molecular weight excluding hydrogens is 521 g/mol. The number of nitrogens with one attached hydrogen (secondary N) is 3. The molecule has 0 unspecified atom stereocenters. The zero-order valence-electron chi connectivity index (χ0n) is 16.9. The highest BCUT2D eigenvalue weighted by atomic mass is 35.5. The number of thiophene rings is 1. The first-order valence-corrected chi connectivity index (χ1v) is 12.6. The molecule has 2 amide bonds. The highest BCUT2D eigenvalue weighted by molar-refractivity contribution is 7.92. The van der Waals surface area contributed by atoms with Crippen LogP contribution in [0.2, 0.25) is 9.36 Å². The number of H-pyrrole nitrogens is 1. The van der Waals surface area contributed by atoms with Gasteiger partial charge in [0.15, 0.2) is 0 Å². The molecule has 0 aliphatic carbocycles. The van der Waals surface area contributed by atoms with Gasteiger partial charge in [0, 0.05) is 23.0 Å². The number of hydrogen-bond acceptors (Lipinski definition) is 6. The molecule has 0 atom stereocenters. The lowest BCUT2D eigenvalue weighted by Crippen LogP contribution is -2.33. The van der Waals surface area contributed by atoms with E-state index in [9.17, 15) is 18.0 Å². The molecule has 0 spiro atoms. The molecule has 0 aliphatic rings. The van der Waals surface area contributed by atoms with Crippen LogP contribution < -0.4 is 15.6 Å². The van der Waals surface area contributed by atoms with Gasteiger partial charge in [0.2, 0.25) is 0 Å². The number of fused-ring (bicyclic) bond motifs is 2. The average Bonchev–Trinajstić information content (AvgIpc) is 3.39. The van der Waals surface area contributed by atoms with Gasteiger partial charge in [0.1, 0.15) is 8.55 Å². The highest BCUT2D eigenvalue weighted by Gasteiger charge is 2.22. The summed E-state index contributed by atoms with van der Waals surface area (Å²) in [6.45, 7) is 0. The second kappa shape index (κ2) is 8.44. The third-order valence-electron chi connectivity index (χ3n) is 4.96. The van der Waals surface area contributed by atoms with E-state index in [0.29, 0.717) is 22.3 Å². The zero-order valence-corrected chi connectivity index (χ0v) is 20.0. The van der Waals surface area contributed by atoms with Gasteiger partial charge in [-0.15, -0.1) is 11.3 Å². The zero-order chi connectivity index (χ0) is 24.0. The molecule has 0 bridgehead atoms. The second-order valence-electron chi connectivity index (χ2n) is 7.14. The maximum absolute atomic E-state index is 13.0. The van der Waals surface area contributed by atoms with Gasteiger partial charge in [-0.1, -0.05) is 23.2 Å². The summed E-state index contributed by atoms with van der Waals surface area (Å²) in [5.41, 5.74) is 2.20. The lowest BCUT2D eigenvalue weighted by Gasteiger charge is -2.10. The van der Waals surface area contributed by atoms with Crippen molar-refractivity contribution < 1.29 is 13.2 Å². The van der Waals surface area contributed by atoms with Crippen LogP contribution in [0, 0.1) is 0 Å². The molecule has 0 saturated carbocycles. The number of carbonyl (C=O) groups is 1. The Hall–Kier alpha value is -3.38. The number of pyridine rings is 1. The SMILES string of the molecule is O=C(Nc1ccc(-n2ccc3cc4[nH]cnc4cc3c2=O)cc1)NS(=O)(=O)c1cc(Cl)c(Cl)s1. The maximum Gasteiger partial charge on any atom is 0.333 e. The van der Waals surface area contributed by atoms with E-state index in [4.69, 9.17) is 23.2 Å². The summed E-state index contributed by atoms with van der Waals surface area (Å²) < 4.78 is 27.9. The van der Waals surface area contributed by atoms with Gasteiger partial charge < -0.3 is 10.3 Å². The summed E-state index contributed by atoms with van der Waals surface area (Å²) in [5.74, 6) is 0. The molecule has 3 heterocycles. The predicted molar refractivity (Wildman–Crippen MR) is 133 cm³/mol. The number of halogens is 2. The van der Waals surface area contributed by atoms with Crippen LogP contribution >= 0.6 is 34.5 Å². The number of carbonyl (C=O) groups excluding carboxylic acids is 1. The normalized spacial score (nSPS) is 11.7. The summed E-state index contributed by atoms with van der Waals surface area (Å²) in [7, 11) is -4.14. The smallest absolute Gasteiger partial charge is 0.333 e. The van der Waals surface area contributed by atoms with E-state index in [-0.39, 0.29) is 19.1 Å². The van der Waals surface area contributed by atoms with Crippen molar-refractivity contribution in [2.45, 2.75) is 4.21 Å².